The van der Waals surface area contributed by atoms with Crippen molar-refractivity contribution in [2.45, 2.75) is 20.0 Å². The number of hydrogen-bond acceptors (Lipinski definition) is 4. The van der Waals surface area contributed by atoms with E-state index in [4.69, 9.17) is 17.3 Å². The molecule has 0 unspecified atom stereocenters. The molecule has 9 heteroatoms. The van der Waals surface area contributed by atoms with Crippen molar-refractivity contribution in [3.63, 3.8) is 0 Å². The molecule has 164 valence electrons. The second kappa shape index (κ2) is 8.84. The quantitative estimate of drug-likeness (QED) is 0.592. The first kappa shape index (κ1) is 21.6. The summed E-state index contributed by atoms with van der Waals surface area (Å²) < 4.78 is 1.74. The zero-order chi connectivity index (χ0) is 22.8. The van der Waals surface area contributed by atoms with E-state index in [0.29, 0.717) is 46.3 Å². The lowest BCUT2D eigenvalue weighted by molar-refractivity contribution is 0.0997. The van der Waals surface area contributed by atoms with Crippen molar-refractivity contribution in [3.8, 4) is 11.3 Å². The van der Waals surface area contributed by atoms with Crippen molar-refractivity contribution in [1.82, 2.24) is 14.7 Å². The maximum Gasteiger partial charge on any atom is 0.322 e. The van der Waals surface area contributed by atoms with Crippen LogP contribution in [0.25, 0.3) is 11.3 Å². The third-order valence-electron chi connectivity index (χ3n) is 5.40. The molecule has 0 spiro atoms. The molecule has 8 nitrogen and oxygen atoms in total. The molecule has 32 heavy (non-hydrogen) atoms. The number of urea groups is 1. The van der Waals surface area contributed by atoms with E-state index in [9.17, 15) is 9.59 Å². The van der Waals surface area contributed by atoms with Gasteiger partial charge in [0.1, 0.15) is 5.69 Å². The first-order valence-electron chi connectivity index (χ1n) is 10.1. The van der Waals surface area contributed by atoms with E-state index < -0.39 is 5.91 Å². The Morgan fingerprint density at radius 1 is 1.22 bits per heavy atom. The molecule has 0 radical (unpaired) electrons. The van der Waals surface area contributed by atoms with Gasteiger partial charge in [0.05, 0.1) is 24.3 Å². The molecule has 1 aliphatic heterocycles. The number of aromatic nitrogens is 2. The minimum atomic E-state index is -0.590. The van der Waals surface area contributed by atoms with E-state index in [2.05, 4.69) is 15.4 Å². The number of halogens is 1. The van der Waals surface area contributed by atoms with Crippen LogP contribution in [-0.2, 0) is 13.1 Å². The molecular weight excluding hydrogens is 428 g/mol. The molecule has 0 saturated heterocycles. The molecule has 1 aliphatic rings. The van der Waals surface area contributed by atoms with Gasteiger partial charge in [0.25, 0.3) is 5.91 Å². The highest BCUT2D eigenvalue weighted by molar-refractivity contribution is 6.30. The minimum Gasteiger partial charge on any atom is -0.365 e. The van der Waals surface area contributed by atoms with Crippen molar-refractivity contribution < 1.29 is 9.59 Å². The van der Waals surface area contributed by atoms with Crippen molar-refractivity contribution in [2.24, 2.45) is 10.7 Å². The van der Waals surface area contributed by atoms with Gasteiger partial charge in [0.2, 0.25) is 0 Å². The number of aryl methyl sites for hydroxylation is 1. The summed E-state index contributed by atoms with van der Waals surface area (Å²) in [6, 6.07) is 12.5. The van der Waals surface area contributed by atoms with Crippen LogP contribution in [-0.4, -0.2) is 46.4 Å². The van der Waals surface area contributed by atoms with Crippen molar-refractivity contribution in [3.05, 3.63) is 69.9 Å². The second-order valence-electron chi connectivity index (χ2n) is 7.58. The Hall–Kier alpha value is -3.65. The fourth-order valence-corrected chi connectivity index (χ4v) is 4.02. The number of carbonyl (C=O) groups excluding carboxylic acids is 2. The third-order valence-corrected chi connectivity index (χ3v) is 5.64. The summed E-state index contributed by atoms with van der Waals surface area (Å²) in [7, 11) is 1.72. The number of amides is 3. The molecule has 0 aliphatic carbocycles. The van der Waals surface area contributed by atoms with E-state index in [1.165, 1.54) is 0 Å². The molecule has 0 fully saturated rings. The van der Waals surface area contributed by atoms with Crippen molar-refractivity contribution in [2.75, 3.05) is 18.9 Å². The number of primary amides is 1. The number of hydrogen-bond donors (Lipinski definition) is 2. The molecule has 4 rings (SSSR count). The Labute approximate surface area is 190 Å². The van der Waals surface area contributed by atoms with Crippen LogP contribution in [0.4, 0.5) is 10.5 Å². The van der Waals surface area contributed by atoms with Gasteiger partial charge in [-0.15, -0.1) is 0 Å². The first-order valence-corrected chi connectivity index (χ1v) is 10.5. The van der Waals surface area contributed by atoms with Crippen LogP contribution in [0.3, 0.4) is 0 Å². The van der Waals surface area contributed by atoms with Crippen molar-refractivity contribution >= 4 is 35.4 Å². The Kier molecular flexibility index (Phi) is 5.96. The molecule has 3 N–H and O–H groups in total. The zero-order valence-electron chi connectivity index (χ0n) is 17.8. The summed E-state index contributed by atoms with van der Waals surface area (Å²) >= 11 is 6.11. The lowest BCUT2D eigenvalue weighted by Gasteiger charge is -2.28. The summed E-state index contributed by atoms with van der Waals surface area (Å²) in [5, 5.41) is 8.05. The lowest BCUT2D eigenvalue weighted by atomic mass is 10.0. The van der Waals surface area contributed by atoms with Crippen LogP contribution in [0.5, 0.6) is 0 Å². The molecule has 1 aromatic heterocycles. The van der Waals surface area contributed by atoms with Crippen LogP contribution in [0, 0.1) is 6.92 Å². The molecule has 2 aromatic carbocycles. The predicted octanol–water partition coefficient (Wildman–Crippen LogP) is 3.71. The maximum atomic E-state index is 12.9. The van der Waals surface area contributed by atoms with Gasteiger partial charge < -0.3 is 16.0 Å². The number of nitrogens with two attached hydrogens (primary N) is 1. The highest BCUT2D eigenvalue weighted by Gasteiger charge is 2.29. The van der Waals surface area contributed by atoms with E-state index in [0.717, 1.165) is 11.1 Å². The smallest absolute Gasteiger partial charge is 0.322 e. The molecule has 3 aromatic rings. The van der Waals surface area contributed by atoms with Crippen LogP contribution >= 0.6 is 11.6 Å². The topological polar surface area (TPSA) is 106 Å². The number of carbonyl (C=O) groups is 2. The SMILES string of the molecule is CN=Cc1ccc(NC(=O)N2CCn3nc(-c4cccc(Cl)c4)c(C(N)=O)c3C2)cc1C. The Morgan fingerprint density at radius 2 is 2.03 bits per heavy atom. The van der Waals surface area contributed by atoms with E-state index in [1.807, 2.05) is 31.2 Å². The average Bonchev–Trinajstić information content (AvgIpc) is 3.15. The molecule has 3 amide bonds. The molecular formula is C23H23ClN6O2. The Bertz CT molecular complexity index is 1230. The van der Waals surface area contributed by atoms with E-state index >= 15 is 0 Å². The number of nitrogens with one attached hydrogen (secondary N) is 1. The summed E-state index contributed by atoms with van der Waals surface area (Å²) in [5.41, 5.74) is 10.5. The highest BCUT2D eigenvalue weighted by Crippen LogP contribution is 2.30. The fraction of sp³-hybridized carbons (Fsp3) is 0.217. The van der Waals surface area contributed by atoms with Gasteiger partial charge in [-0.2, -0.15) is 5.10 Å². The number of benzene rings is 2. The number of anilines is 1. The van der Waals surface area contributed by atoms with Gasteiger partial charge in [-0.1, -0.05) is 29.8 Å². The average molecular weight is 451 g/mol. The normalized spacial score (nSPS) is 13.3. The van der Waals surface area contributed by atoms with Gasteiger partial charge in [-0.3, -0.25) is 14.5 Å². The zero-order valence-corrected chi connectivity index (χ0v) is 18.6. The summed E-state index contributed by atoms with van der Waals surface area (Å²) in [4.78, 5) is 30.9. The van der Waals surface area contributed by atoms with E-state index in [1.54, 1.807) is 41.0 Å². The lowest BCUT2D eigenvalue weighted by Crippen LogP contribution is -2.41. The molecule has 0 bridgehead atoms. The largest absolute Gasteiger partial charge is 0.365 e. The second-order valence-corrected chi connectivity index (χ2v) is 8.01. The maximum absolute atomic E-state index is 12.9. The Balaban J connectivity index is 1.58. The standard InChI is InChI=1S/C23H23ClN6O2/c1-14-10-18(7-6-16(14)12-26-2)27-23(32)29-8-9-30-19(13-29)20(22(25)31)21(28-30)15-4-3-5-17(24)11-15/h3-7,10-12H,8-9,13H2,1-2H3,(H2,25,31)(H,27,32). The molecule has 0 atom stereocenters. The van der Waals surface area contributed by atoms with Gasteiger partial charge in [-0.05, 0) is 42.3 Å². The number of fused-ring (bicyclic) bond motifs is 1. The van der Waals surface area contributed by atoms with Crippen LogP contribution in [0.2, 0.25) is 5.02 Å². The predicted molar refractivity (Wildman–Crippen MR) is 125 cm³/mol. The number of rotatable bonds is 4. The Morgan fingerprint density at radius 3 is 2.72 bits per heavy atom. The number of nitrogens with zero attached hydrogens (tertiary/aromatic N) is 4. The third kappa shape index (κ3) is 4.22. The van der Waals surface area contributed by atoms with Gasteiger partial charge in [0.15, 0.2) is 0 Å². The summed E-state index contributed by atoms with van der Waals surface area (Å²) in [6.45, 7) is 3.08. The van der Waals surface area contributed by atoms with Gasteiger partial charge in [-0.25, -0.2) is 4.79 Å². The van der Waals surface area contributed by atoms with Gasteiger partial charge >= 0.3 is 6.03 Å². The van der Waals surface area contributed by atoms with Crippen LogP contribution in [0.1, 0.15) is 27.2 Å². The summed E-state index contributed by atoms with van der Waals surface area (Å²) in [5.74, 6) is -0.590. The number of aliphatic imine (C=N–C) groups is 1. The fourth-order valence-electron chi connectivity index (χ4n) is 3.83. The summed E-state index contributed by atoms with van der Waals surface area (Å²) in [6.07, 6.45) is 1.77. The monoisotopic (exact) mass is 450 g/mol. The van der Waals surface area contributed by atoms with Crippen LogP contribution in [0.15, 0.2) is 47.5 Å². The van der Waals surface area contributed by atoms with Crippen LogP contribution < -0.4 is 11.1 Å². The first-order chi connectivity index (χ1) is 15.4. The van der Waals surface area contributed by atoms with Crippen molar-refractivity contribution in [1.29, 1.82) is 0 Å². The minimum absolute atomic E-state index is 0.219. The molecule has 0 saturated carbocycles. The van der Waals surface area contributed by atoms with Gasteiger partial charge in [0, 0.05) is 36.1 Å². The molecule has 2 heterocycles. The van der Waals surface area contributed by atoms with E-state index in [-0.39, 0.29) is 12.6 Å². The highest BCUT2D eigenvalue weighted by atomic mass is 35.5.